The molecule has 2 aromatic heterocycles. The second-order valence-electron chi connectivity index (χ2n) is 8.73. The Bertz CT molecular complexity index is 1350. The third-order valence-electron chi connectivity index (χ3n) is 6.10. The molecule has 3 aromatic rings. The van der Waals surface area contributed by atoms with Crippen LogP contribution in [0.1, 0.15) is 31.0 Å². The fraction of sp³-hybridized carbons (Fsp3) is 0.296. The number of nitrogens with zero attached hydrogens (tertiary/aromatic N) is 5. The van der Waals surface area contributed by atoms with E-state index in [0.717, 1.165) is 54.9 Å². The van der Waals surface area contributed by atoms with E-state index in [1.807, 2.05) is 18.2 Å². The standard InChI is InChI=1S/C27H28F3N5O2/c1-5-22(27(28,29)30)12-11-19(3)36-17-24-23(15-31-34(24)4)26-32-25(33-37-26)21-10-6-9-20(14-21)16-35-13-7-8-18(35)2/h5-6,9-12,14-15H,1-2,7-8,13,16-17H2,3-4H3/b19-11+,22-12+. The highest BCUT2D eigenvalue weighted by molar-refractivity contribution is 5.61. The van der Waals surface area contributed by atoms with Crippen molar-refractivity contribution in [3.8, 4) is 22.8 Å². The van der Waals surface area contributed by atoms with Gasteiger partial charge in [0.25, 0.3) is 5.89 Å². The molecule has 1 aromatic carbocycles. The van der Waals surface area contributed by atoms with Crippen LogP contribution in [0.3, 0.4) is 0 Å². The second kappa shape index (κ2) is 10.9. The van der Waals surface area contributed by atoms with Crippen molar-refractivity contribution in [1.82, 2.24) is 24.8 Å². The highest BCUT2D eigenvalue weighted by Crippen LogP contribution is 2.28. The Hall–Kier alpha value is -4.08. The smallest absolute Gasteiger partial charge is 0.416 e. The number of aryl methyl sites for hydroxylation is 1. The first-order chi connectivity index (χ1) is 17.7. The Morgan fingerprint density at radius 3 is 2.78 bits per heavy atom. The van der Waals surface area contributed by atoms with Crippen molar-refractivity contribution in [3.05, 3.63) is 90.1 Å². The maximum absolute atomic E-state index is 12.9. The van der Waals surface area contributed by atoms with Gasteiger partial charge < -0.3 is 14.2 Å². The predicted octanol–water partition coefficient (Wildman–Crippen LogP) is 6.34. The molecular weight excluding hydrogens is 483 g/mol. The lowest BCUT2D eigenvalue weighted by Gasteiger charge is -2.19. The molecule has 0 bridgehead atoms. The fourth-order valence-electron chi connectivity index (χ4n) is 3.99. The van der Waals surface area contributed by atoms with E-state index in [2.05, 4.69) is 39.4 Å². The molecule has 0 saturated carbocycles. The number of benzene rings is 1. The average Bonchev–Trinajstić information content (AvgIpc) is 3.58. The summed E-state index contributed by atoms with van der Waals surface area (Å²) in [5.41, 5.74) is 3.46. The number of rotatable bonds is 9. The number of aromatic nitrogens is 4. The monoisotopic (exact) mass is 511 g/mol. The molecule has 0 aliphatic carbocycles. The summed E-state index contributed by atoms with van der Waals surface area (Å²) in [6, 6.07) is 7.98. The van der Waals surface area contributed by atoms with E-state index in [0.29, 0.717) is 22.8 Å². The highest BCUT2D eigenvalue weighted by atomic mass is 19.4. The van der Waals surface area contributed by atoms with Crippen LogP contribution in [0.15, 0.2) is 83.4 Å². The van der Waals surface area contributed by atoms with Crippen molar-refractivity contribution >= 4 is 0 Å². The Kier molecular flexibility index (Phi) is 7.66. The van der Waals surface area contributed by atoms with Crippen LogP contribution in [-0.2, 0) is 24.9 Å². The van der Waals surface area contributed by atoms with Gasteiger partial charge in [0.15, 0.2) is 0 Å². The normalized spacial score (nSPS) is 14.9. The summed E-state index contributed by atoms with van der Waals surface area (Å²) in [4.78, 5) is 6.83. The van der Waals surface area contributed by atoms with E-state index in [9.17, 15) is 13.2 Å². The molecule has 7 nitrogen and oxygen atoms in total. The lowest BCUT2D eigenvalue weighted by Crippen LogP contribution is -2.16. The van der Waals surface area contributed by atoms with Gasteiger partial charge in [0, 0.05) is 31.4 Å². The zero-order valence-corrected chi connectivity index (χ0v) is 20.8. The predicted molar refractivity (Wildman–Crippen MR) is 134 cm³/mol. The quantitative estimate of drug-likeness (QED) is 0.247. The molecule has 0 amide bonds. The van der Waals surface area contributed by atoms with E-state index in [4.69, 9.17) is 9.26 Å². The first kappa shape index (κ1) is 26.0. The molecule has 0 atom stereocenters. The van der Waals surface area contributed by atoms with E-state index in [1.165, 1.54) is 6.08 Å². The Morgan fingerprint density at radius 1 is 1.27 bits per heavy atom. The summed E-state index contributed by atoms with van der Waals surface area (Å²) in [5, 5.41) is 8.40. The average molecular weight is 512 g/mol. The molecule has 1 aliphatic heterocycles. The Labute approximate surface area is 213 Å². The van der Waals surface area contributed by atoms with Crippen LogP contribution in [0.25, 0.3) is 22.8 Å². The van der Waals surface area contributed by atoms with Crippen molar-refractivity contribution in [3.63, 3.8) is 0 Å². The molecule has 3 heterocycles. The van der Waals surface area contributed by atoms with Crippen LogP contribution < -0.4 is 0 Å². The molecule has 0 N–H and O–H groups in total. The summed E-state index contributed by atoms with van der Waals surface area (Å²) >= 11 is 0. The molecule has 4 rings (SSSR count). The van der Waals surface area contributed by atoms with E-state index < -0.39 is 11.7 Å². The van der Waals surface area contributed by atoms with Gasteiger partial charge in [0.2, 0.25) is 5.82 Å². The molecule has 1 aliphatic rings. The minimum absolute atomic E-state index is 0.0460. The van der Waals surface area contributed by atoms with Gasteiger partial charge in [-0.3, -0.25) is 4.68 Å². The van der Waals surface area contributed by atoms with Gasteiger partial charge in [0.05, 0.1) is 28.8 Å². The summed E-state index contributed by atoms with van der Waals surface area (Å²) in [6.45, 7) is 10.7. The van der Waals surface area contributed by atoms with Crippen LogP contribution in [0.5, 0.6) is 0 Å². The van der Waals surface area contributed by atoms with Gasteiger partial charge in [-0.1, -0.05) is 42.6 Å². The first-order valence-electron chi connectivity index (χ1n) is 11.7. The molecule has 37 heavy (non-hydrogen) atoms. The number of alkyl halides is 3. The van der Waals surface area contributed by atoms with Gasteiger partial charge >= 0.3 is 6.18 Å². The molecule has 10 heteroatoms. The third kappa shape index (κ3) is 6.19. The molecular formula is C27H28F3N5O2. The summed E-state index contributed by atoms with van der Waals surface area (Å²) in [5.74, 6) is 1.00. The summed E-state index contributed by atoms with van der Waals surface area (Å²) in [7, 11) is 1.73. The van der Waals surface area contributed by atoms with Gasteiger partial charge in [0.1, 0.15) is 6.61 Å². The first-order valence-corrected chi connectivity index (χ1v) is 11.7. The van der Waals surface area contributed by atoms with Gasteiger partial charge in [-0.2, -0.15) is 23.3 Å². The van der Waals surface area contributed by atoms with Crippen molar-refractivity contribution in [1.29, 1.82) is 0 Å². The van der Waals surface area contributed by atoms with Crippen LogP contribution >= 0.6 is 0 Å². The topological polar surface area (TPSA) is 69.2 Å². The Morgan fingerprint density at radius 2 is 2.08 bits per heavy atom. The highest BCUT2D eigenvalue weighted by Gasteiger charge is 2.30. The van der Waals surface area contributed by atoms with Gasteiger partial charge in [-0.15, -0.1) is 0 Å². The maximum Gasteiger partial charge on any atom is 0.416 e. The molecule has 0 spiro atoms. The molecule has 0 unspecified atom stereocenters. The number of hydrogen-bond donors (Lipinski definition) is 0. The summed E-state index contributed by atoms with van der Waals surface area (Å²) in [6.07, 6.45) is 2.19. The Balaban J connectivity index is 1.49. The third-order valence-corrected chi connectivity index (χ3v) is 6.10. The molecule has 1 saturated heterocycles. The van der Waals surface area contributed by atoms with Gasteiger partial charge in [-0.25, -0.2) is 0 Å². The van der Waals surface area contributed by atoms with E-state index in [-0.39, 0.29) is 12.5 Å². The number of likely N-dealkylation sites (tertiary alicyclic amines) is 1. The lowest BCUT2D eigenvalue weighted by atomic mass is 10.1. The van der Waals surface area contributed by atoms with Crippen molar-refractivity contribution < 1.29 is 22.4 Å². The van der Waals surface area contributed by atoms with Crippen molar-refractivity contribution in [2.75, 3.05) is 6.54 Å². The lowest BCUT2D eigenvalue weighted by molar-refractivity contribution is -0.0881. The number of allylic oxidation sites excluding steroid dienone is 6. The largest absolute Gasteiger partial charge is 0.492 e. The fourth-order valence-corrected chi connectivity index (χ4v) is 3.99. The number of ether oxygens (including phenoxy) is 1. The molecule has 0 radical (unpaired) electrons. The minimum atomic E-state index is -4.48. The zero-order valence-electron chi connectivity index (χ0n) is 20.8. The van der Waals surface area contributed by atoms with E-state index >= 15 is 0 Å². The number of hydrogen-bond acceptors (Lipinski definition) is 6. The van der Waals surface area contributed by atoms with Crippen LogP contribution in [0, 0.1) is 0 Å². The van der Waals surface area contributed by atoms with E-state index in [1.54, 1.807) is 24.9 Å². The number of halogens is 3. The maximum atomic E-state index is 12.9. The summed E-state index contributed by atoms with van der Waals surface area (Å²) < 4.78 is 51.4. The SMILES string of the molecule is C=C/C(=C\C=C(/C)OCc1c(-c2nc(-c3cccc(CN4CCCC4=C)c3)no2)cnn1C)C(F)(F)F. The molecule has 194 valence electrons. The van der Waals surface area contributed by atoms with Crippen LogP contribution in [-0.4, -0.2) is 37.5 Å². The second-order valence-corrected chi connectivity index (χ2v) is 8.73. The van der Waals surface area contributed by atoms with Crippen LogP contribution in [0.2, 0.25) is 0 Å². The minimum Gasteiger partial charge on any atom is -0.492 e. The van der Waals surface area contributed by atoms with Crippen molar-refractivity contribution in [2.45, 2.75) is 39.1 Å². The van der Waals surface area contributed by atoms with Crippen LogP contribution in [0.4, 0.5) is 13.2 Å². The molecule has 1 fully saturated rings. The zero-order chi connectivity index (χ0) is 26.6. The van der Waals surface area contributed by atoms with Crippen molar-refractivity contribution in [2.24, 2.45) is 7.05 Å². The van der Waals surface area contributed by atoms with Gasteiger partial charge in [-0.05, 0) is 43.5 Å².